The average molecular weight is 404 g/mol. The van der Waals surface area contributed by atoms with Gasteiger partial charge in [-0.05, 0) is 47.9 Å². The number of halogens is 1. The molecule has 25 heavy (non-hydrogen) atoms. The Morgan fingerprint density at radius 1 is 1.04 bits per heavy atom. The van der Waals surface area contributed by atoms with Crippen molar-refractivity contribution in [2.45, 2.75) is 26.3 Å². The van der Waals surface area contributed by atoms with Crippen LogP contribution in [0, 0.1) is 5.92 Å². The standard InChI is InChI=1S/C20H22BrNO3/c1-13(2)19(22-20(23)14-4-7-16(21)8-5-14)15-6-9-17-18(12-15)25-11-3-10-24-17/h4-9,12-13,19H,3,10-11H2,1-2H3,(H,22,23). The van der Waals surface area contributed by atoms with Crippen LogP contribution in [0.5, 0.6) is 11.5 Å². The molecule has 1 heterocycles. The van der Waals surface area contributed by atoms with Crippen molar-refractivity contribution >= 4 is 21.8 Å². The van der Waals surface area contributed by atoms with E-state index in [0.717, 1.165) is 28.0 Å². The summed E-state index contributed by atoms with van der Waals surface area (Å²) in [6.07, 6.45) is 0.873. The van der Waals surface area contributed by atoms with Crippen LogP contribution in [-0.2, 0) is 0 Å². The lowest BCUT2D eigenvalue weighted by Crippen LogP contribution is -2.31. The van der Waals surface area contributed by atoms with Gasteiger partial charge < -0.3 is 14.8 Å². The molecule has 0 saturated carbocycles. The van der Waals surface area contributed by atoms with Crippen molar-refractivity contribution < 1.29 is 14.3 Å². The number of hydrogen-bond donors (Lipinski definition) is 1. The van der Waals surface area contributed by atoms with E-state index in [-0.39, 0.29) is 17.9 Å². The Hall–Kier alpha value is -2.01. The Balaban J connectivity index is 1.82. The first-order chi connectivity index (χ1) is 12.0. The van der Waals surface area contributed by atoms with Crippen molar-refractivity contribution in [2.24, 2.45) is 5.92 Å². The summed E-state index contributed by atoms with van der Waals surface area (Å²) in [6.45, 7) is 5.50. The molecule has 1 N–H and O–H groups in total. The highest BCUT2D eigenvalue weighted by Gasteiger charge is 2.21. The second-order valence-corrected chi connectivity index (χ2v) is 7.37. The van der Waals surface area contributed by atoms with E-state index < -0.39 is 0 Å². The van der Waals surface area contributed by atoms with Gasteiger partial charge in [0, 0.05) is 16.5 Å². The highest BCUT2D eigenvalue weighted by Crippen LogP contribution is 2.34. The topological polar surface area (TPSA) is 47.6 Å². The summed E-state index contributed by atoms with van der Waals surface area (Å²) in [5.41, 5.74) is 1.66. The minimum Gasteiger partial charge on any atom is -0.490 e. The Morgan fingerprint density at radius 2 is 1.72 bits per heavy atom. The second kappa shape index (κ2) is 7.91. The average Bonchev–Trinajstić information content (AvgIpc) is 2.84. The van der Waals surface area contributed by atoms with Gasteiger partial charge >= 0.3 is 0 Å². The van der Waals surface area contributed by atoms with E-state index in [0.29, 0.717) is 18.8 Å². The normalized spacial score (nSPS) is 14.7. The van der Waals surface area contributed by atoms with Crippen LogP contribution in [0.2, 0.25) is 0 Å². The van der Waals surface area contributed by atoms with Crippen LogP contribution < -0.4 is 14.8 Å². The third kappa shape index (κ3) is 4.34. The van der Waals surface area contributed by atoms with Crippen LogP contribution in [0.3, 0.4) is 0 Å². The molecule has 0 saturated heterocycles. The predicted molar refractivity (Wildman–Crippen MR) is 101 cm³/mol. The van der Waals surface area contributed by atoms with Gasteiger partial charge in [0.1, 0.15) is 0 Å². The number of carbonyl (C=O) groups excluding carboxylic acids is 1. The SMILES string of the molecule is CC(C)C(NC(=O)c1ccc(Br)cc1)c1ccc2c(c1)OCCCO2. The molecule has 1 aliphatic heterocycles. The summed E-state index contributed by atoms with van der Waals surface area (Å²) in [7, 11) is 0. The van der Waals surface area contributed by atoms with Crippen LogP contribution in [-0.4, -0.2) is 19.1 Å². The molecule has 5 heteroatoms. The Bertz CT molecular complexity index is 743. The van der Waals surface area contributed by atoms with Crippen molar-refractivity contribution in [3.63, 3.8) is 0 Å². The number of hydrogen-bond acceptors (Lipinski definition) is 3. The van der Waals surface area contributed by atoms with Gasteiger partial charge in [-0.25, -0.2) is 0 Å². The Morgan fingerprint density at radius 3 is 2.40 bits per heavy atom. The maximum atomic E-state index is 12.6. The first-order valence-electron chi connectivity index (χ1n) is 8.50. The van der Waals surface area contributed by atoms with Crippen molar-refractivity contribution in [1.29, 1.82) is 0 Å². The molecule has 0 fully saturated rings. The van der Waals surface area contributed by atoms with Crippen LogP contribution in [0.4, 0.5) is 0 Å². The molecule has 2 aromatic carbocycles. The first-order valence-corrected chi connectivity index (χ1v) is 9.30. The van der Waals surface area contributed by atoms with E-state index in [1.807, 2.05) is 42.5 Å². The number of carbonyl (C=O) groups is 1. The summed E-state index contributed by atoms with van der Waals surface area (Å²) in [5.74, 6) is 1.67. The lowest BCUT2D eigenvalue weighted by Gasteiger charge is -2.24. The lowest BCUT2D eigenvalue weighted by atomic mass is 9.95. The number of amides is 1. The number of benzene rings is 2. The smallest absolute Gasteiger partial charge is 0.251 e. The van der Waals surface area contributed by atoms with Crippen LogP contribution >= 0.6 is 15.9 Å². The minimum atomic E-state index is -0.103. The molecular weight excluding hydrogens is 382 g/mol. The van der Waals surface area contributed by atoms with E-state index in [1.54, 1.807) is 0 Å². The molecule has 3 rings (SSSR count). The maximum Gasteiger partial charge on any atom is 0.251 e. The second-order valence-electron chi connectivity index (χ2n) is 6.46. The Kier molecular flexibility index (Phi) is 5.63. The molecule has 1 amide bonds. The fourth-order valence-electron chi connectivity index (χ4n) is 2.83. The van der Waals surface area contributed by atoms with Gasteiger partial charge in [-0.15, -0.1) is 0 Å². The van der Waals surface area contributed by atoms with Crippen molar-refractivity contribution in [2.75, 3.05) is 13.2 Å². The summed E-state index contributed by atoms with van der Waals surface area (Å²) in [4.78, 5) is 12.6. The monoisotopic (exact) mass is 403 g/mol. The molecular formula is C20H22BrNO3. The molecule has 2 aromatic rings. The van der Waals surface area contributed by atoms with Gasteiger partial charge in [-0.3, -0.25) is 4.79 Å². The quantitative estimate of drug-likeness (QED) is 0.801. The highest BCUT2D eigenvalue weighted by molar-refractivity contribution is 9.10. The van der Waals surface area contributed by atoms with E-state index in [1.165, 1.54) is 0 Å². The van der Waals surface area contributed by atoms with Crippen LogP contribution in [0.1, 0.15) is 42.2 Å². The number of ether oxygens (including phenoxy) is 2. The molecule has 4 nitrogen and oxygen atoms in total. The van der Waals surface area contributed by atoms with E-state index in [2.05, 4.69) is 35.1 Å². The van der Waals surface area contributed by atoms with Crippen LogP contribution in [0.15, 0.2) is 46.9 Å². The third-order valence-corrected chi connectivity index (χ3v) is 4.72. The molecule has 1 atom stereocenters. The minimum absolute atomic E-state index is 0.0849. The fourth-order valence-corrected chi connectivity index (χ4v) is 3.10. The van der Waals surface area contributed by atoms with E-state index >= 15 is 0 Å². The highest BCUT2D eigenvalue weighted by atomic mass is 79.9. The van der Waals surface area contributed by atoms with Crippen molar-refractivity contribution in [3.8, 4) is 11.5 Å². The summed E-state index contributed by atoms with van der Waals surface area (Å²) >= 11 is 3.39. The maximum absolute atomic E-state index is 12.6. The number of nitrogens with one attached hydrogen (secondary N) is 1. The van der Waals surface area contributed by atoms with Gasteiger partial charge in [0.2, 0.25) is 0 Å². The molecule has 0 aromatic heterocycles. The fraction of sp³-hybridized carbons (Fsp3) is 0.350. The van der Waals surface area contributed by atoms with Gasteiger partial charge in [0.05, 0.1) is 19.3 Å². The predicted octanol–water partition coefficient (Wildman–Crippen LogP) is 4.74. The summed E-state index contributed by atoms with van der Waals surface area (Å²) < 4.78 is 12.4. The van der Waals surface area contributed by atoms with Gasteiger partial charge in [0.25, 0.3) is 5.91 Å². The zero-order valence-electron chi connectivity index (χ0n) is 14.4. The van der Waals surface area contributed by atoms with Crippen LogP contribution in [0.25, 0.3) is 0 Å². The molecule has 0 aliphatic carbocycles. The van der Waals surface area contributed by atoms with Gasteiger partial charge in [0.15, 0.2) is 11.5 Å². The largest absolute Gasteiger partial charge is 0.490 e. The molecule has 132 valence electrons. The summed E-state index contributed by atoms with van der Waals surface area (Å²) in [5, 5.41) is 3.14. The number of rotatable bonds is 4. The van der Waals surface area contributed by atoms with E-state index in [4.69, 9.17) is 9.47 Å². The molecule has 0 radical (unpaired) electrons. The zero-order valence-corrected chi connectivity index (χ0v) is 16.0. The first kappa shape index (κ1) is 17.8. The van der Waals surface area contributed by atoms with Gasteiger partial charge in [-0.1, -0.05) is 35.8 Å². The molecule has 1 unspecified atom stereocenters. The zero-order chi connectivity index (χ0) is 17.8. The Labute approximate surface area is 156 Å². The summed E-state index contributed by atoms with van der Waals surface area (Å²) in [6, 6.07) is 13.2. The van der Waals surface area contributed by atoms with Gasteiger partial charge in [-0.2, -0.15) is 0 Å². The van der Waals surface area contributed by atoms with Crippen molar-refractivity contribution in [3.05, 3.63) is 58.1 Å². The van der Waals surface area contributed by atoms with Crippen molar-refractivity contribution in [1.82, 2.24) is 5.32 Å². The molecule has 0 spiro atoms. The lowest BCUT2D eigenvalue weighted by molar-refractivity contribution is 0.0925. The molecule has 1 aliphatic rings. The third-order valence-electron chi connectivity index (χ3n) is 4.19. The molecule has 0 bridgehead atoms. The number of fused-ring (bicyclic) bond motifs is 1. The van der Waals surface area contributed by atoms with E-state index in [9.17, 15) is 4.79 Å².